The van der Waals surface area contributed by atoms with Gasteiger partial charge >= 0.3 is 0 Å². The number of carbonyl (C=O) groups excluding carboxylic acids is 1. The zero-order valence-corrected chi connectivity index (χ0v) is 13.6. The van der Waals surface area contributed by atoms with E-state index < -0.39 is 0 Å². The van der Waals surface area contributed by atoms with Crippen molar-refractivity contribution in [2.75, 3.05) is 6.54 Å². The highest BCUT2D eigenvalue weighted by Gasteiger charge is 2.29. The Morgan fingerprint density at radius 1 is 0.875 bits per heavy atom. The number of hydrogen-bond acceptors (Lipinski definition) is 2. The van der Waals surface area contributed by atoms with E-state index in [1.54, 1.807) is 18.3 Å². The molecule has 0 spiro atoms. The minimum Gasteiger partial charge on any atom is -0.349 e. The first-order valence-electron chi connectivity index (χ1n) is 8.00. The molecule has 24 heavy (non-hydrogen) atoms. The number of amides is 1. The van der Waals surface area contributed by atoms with E-state index in [2.05, 4.69) is 41.5 Å². The SMILES string of the molecule is CC(CNC(=O)c1ccccn1)(c1ccccc1)c1ccccc1. The Balaban J connectivity index is 1.88. The fourth-order valence-corrected chi connectivity index (χ4v) is 2.83. The van der Waals surface area contributed by atoms with Crippen molar-refractivity contribution in [3.05, 3.63) is 102 Å². The standard InChI is InChI=1S/C21H20N2O/c1-21(17-10-4-2-5-11-17,18-12-6-3-7-13-18)16-23-20(24)19-14-8-9-15-22-19/h2-15H,16H2,1H3,(H,23,24). The zero-order chi connectivity index (χ0) is 16.8. The van der Waals surface area contributed by atoms with Crippen LogP contribution >= 0.6 is 0 Å². The predicted molar refractivity (Wildman–Crippen MR) is 95.9 cm³/mol. The van der Waals surface area contributed by atoms with Crippen molar-refractivity contribution in [2.45, 2.75) is 12.3 Å². The Hall–Kier alpha value is -2.94. The van der Waals surface area contributed by atoms with E-state index in [9.17, 15) is 4.79 Å². The summed E-state index contributed by atoms with van der Waals surface area (Å²) in [5.74, 6) is -0.159. The van der Waals surface area contributed by atoms with Crippen molar-refractivity contribution < 1.29 is 4.79 Å². The van der Waals surface area contributed by atoms with Gasteiger partial charge in [0.15, 0.2) is 0 Å². The van der Waals surface area contributed by atoms with Crippen molar-refractivity contribution in [3.63, 3.8) is 0 Å². The molecule has 1 aromatic heterocycles. The maximum atomic E-state index is 12.4. The van der Waals surface area contributed by atoms with Gasteiger partial charge < -0.3 is 5.32 Å². The molecule has 1 heterocycles. The van der Waals surface area contributed by atoms with Crippen LogP contribution in [0.25, 0.3) is 0 Å². The van der Waals surface area contributed by atoms with Crippen molar-refractivity contribution in [1.29, 1.82) is 0 Å². The van der Waals surface area contributed by atoms with Crippen LogP contribution < -0.4 is 5.32 Å². The summed E-state index contributed by atoms with van der Waals surface area (Å²) in [7, 11) is 0. The molecule has 2 aromatic carbocycles. The molecule has 0 unspecified atom stereocenters. The number of nitrogens with zero attached hydrogens (tertiary/aromatic N) is 1. The van der Waals surface area contributed by atoms with Crippen molar-refractivity contribution in [1.82, 2.24) is 10.3 Å². The van der Waals surface area contributed by atoms with E-state index in [1.807, 2.05) is 42.5 Å². The highest BCUT2D eigenvalue weighted by Crippen LogP contribution is 2.31. The van der Waals surface area contributed by atoms with E-state index in [-0.39, 0.29) is 11.3 Å². The molecule has 1 amide bonds. The summed E-state index contributed by atoms with van der Waals surface area (Å²) >= 11 is 0. The number of carbonyl (C=O) groups is 1. The summed E-state index contributed by atoms with van der Waals surface area (Å²) in [5.41, 5.74) is 2.45. The minimum atomic E-state index is -0.313. The number of aromatic nitrogens is 1. The molecule has 0 atom stereocenters. The second kappa shape index (κ2) is 7.09. The number of hydrogen-bond donors (Lipinski definition) is 1. The van der Waals surface area contributed by atoms with Gasteiger partial charge in [-0.15, -0.1) is 0 Å². The van der Waals surface area contributed by atoms with Gasteiger partial charge in [-0.1, -0.05) is 66.7 Å². The van der Waals surface area contributed by atoms with Crippen LogP contribution in [0.15, 0.2) is 85.1 Å². The van der Waals surface area contributed by atoms with Crippen LogP contribution in [0.5, 0.6) is 0 Å². The van der Waals surface area contributed by atoms with Gasteiger partial charge in [0, 0.05) is 18.2 Å². The first-order chi connectivity index (χ1) is 11.7. The fourth-order valence-electron chi connectivity index (χ4n) is 2.83. The minimum absolute atomic E-state index is 0.159. The van der Waals surface area contributed by atoms with Crippen molar-refractivity contribution in [2.24, 2.45) is 0 Å². The van der Waals surface area contributed by atoms with Gasteiger partial charge in [-0.05, 0) is 30.2 Å². The second-order valence-corrected chi connectivity index (χ2v) is 5.96. The first-order valence-corrected chi connectivity index (χ1v) is 8.00. The quantitative estimate of drug-likeness (QED) is 0.777. The Morgan fingerprint density at radius 3 is 1.92 bits per heavy atom. The van der Waals surface area contributed by atoms with E-state index in [0.717, 1.165) is 11.1 Å². The van der Waals surface area contributed by atoms with E-state index in [4.69, 9.17) is 0 Å². The lowest BCUT2D eigenvalue weighted by atomic mass is 9.76. The smallest absolute Gasteiger partial charge is 0.269 e. The molecule has 3 nitrogen and oxygen atoms in total. The number of rotatable bonds is 5. The van der Waals surface area contributed by atoms with Crippen LogP contribution in [0.3, 0.4) is 0 Å². The summed E-state index contributed by atoms with van der Waals surface area (Å²) < 4.78 is 0. The maximum Gasteiger partial charge on any atom is 0.269 e. The largest absolute Gasteiger partial charge is 0.349 e. The van der Waals surface area contributed by atoms with Gasteiger partial charge in [0.05, 0.1) is 0 Å². The monoisotopic (exact) mass is 316 g/mol. The molecule has 3 heteroatoms. The lowest BCUT2D eigenvalue weighted by Gasteiger charge is -2.31. The predicted octanol–water partition coefficient (Wildman–Crippen LogP) is 3.82. The summed E-state index contributed by atoms with van der Waals surface area (Å²) in [4.78, 5) is 16.5. The molecule has 0 saturated heterocycles. The molecule has 1 N–H and O–H groups in total. The molecule has 0 aliphatic carbocycles. The van der Waals surface area contributed by atoms with Crippen molar-refractivity contribution in [3.8, 4) is 0 Å². The van der Waals surface area contributed by atoms with Gasteiger partial charge in [-0.3, -0.25) is 9.78 Å². The average molecular weight is 316 g/mol. The number of pyridine rings is 1. The van der Waals surface area contributed by atoms with Crippen LogP contribution in [0.2, 0.25) is 0 Å². The second-order valence-electron chi connectivity index (χ2n) is 5.96. The number of nitrogens with one attached hydrogen (secondary N) is 1. The molecular formula is C21H20N2O. The summed E-state index contributed by atoms with van der Waals surface area (Å²) in [5, 5.41) is 3.04. The van der Waals surface area contributed by atoms with Gasteiger partial charge in [-0.25, -0.2) is 0 Å². The van der Waals surface area contributed by atoms with Gasteiger partial charge in [0.1, 0.15) is 5.69 Å². The summed E-state index contributed by atoms with van der Waals surface area (Å²) in [6.07, 6.45) is 1.63. The maximum absolute atomic E-state index is 12.4. The van der Waals surface area contributed by atoms with Crippen LogP contribution in [0.4, 0.5) is 0 Å². The summed E-state index contributed by atoms with van der Waals surface area (Å²) in [6.45, 7) is 2.65. The highest BCUT2D eigenvalue weighted by molar-refractivity contribution is 5.92. The summed E-state index contributed by atoms with van der Waals surface area (Å²) in [6, 6.07) is 25.8. The van der Waals surface area contributed by atoms with Crippen LogP contribution in [-0.2, 0) is 5.41 Å². The van der Waals surface area contributed by atoms with Crippen LogP contribution in [-0.4, -0.2) is 17.4 Å². The third-order valence-corrected chi connectivity index (χ3v) is 4.32. The first kappa shape index (κ1) is 15.9. The average Bonchev–Trinajstić information content (AvgIpc) is 2.68. The molecule has 0 aliphatic rings. The molecule has 0 bridgehead atoms. The molecule has 3 rings (SSSR count). The van der Waals surface area contributed by atoms with E-state index in [0.29, 0.717) is 12.2 Å². The Bertz CT molecular complexity index is 746. The van der Waals surface area contributed by atoms with E-state index >= 15 is 0 Å². The molecule has 3 aromatic rings. The third kappa shape index (κ3) is 3.35. The fraction of sp³-hybridized carbons (Fsp3) is 0.143. The van der Waals surface area contributed by atoms with Gasteiger partial charge in [0.25, 0.3) is 5.91 Å². The van der Waals surface area contributed by atoms with Crippen LogP contribution in [0.1, 0.15) is 28.5 Å². The third-order valence-electron chi connectivity index (χ3n) is 4.32. The Labute approximate surface area is 142 Å². The lowest BCUT2D eigenvalue weighted by Crippen LogP contribution is -2.39. The normalized spacial score (nSPS) is 11.0. The lowest BCUT2D eigenvalue weighted by molar-refractivity contribution is 0.0942. The Kier molecular flexibility index (Phi) is 4.71. The van der Waals surface area contributed by atoms with Gasteiger partial charge in [0.2, 0.25) is 0 Å². The highest BCUT2D eigenvalue weighted by atomic mass is 16.1. The Morgan fingerprint density at radius 2 is 1.42 bits per heavy atom. The van der Waals surface area contributed by atoms with Crippen molar-refractivity contribution >= 4 is 5.91 Å². The molecule has 0 aliphatic heterocycles. The van der Waals surface area contributed by atoms with E-state index in [1.165, 1.54) is 0 Å². The van der Waals surface area contributed by atoms with Gasteiger partial charge in [-0.2, -0.15) is 0 Å². The van der Waals surface area contributed by atoms with Crippen LogP contribution in [0, 0.1) is 0 Å². The number of benzene rings is 2. The molecule has 0 radical (unpaired) electrons. The topological polar surface area (TPSA) is 42.0 Å². The molecule has 120 valence electrons. The zero-order valence-electron chi connectivity index (χ0n) is 13.6. The molecular weight excluding hydrogens is 296 g/mol. The molecule has 0 saturated carbocycles. The molecule has 0 fully saturated rings.